The number of aryl methyl sites for hydroxylation is 1. The van der Waals surface area contributed by atoms with Crippen molar-refractivity contribution in [2.75, 3.05) is 25.0 Å². The van der Waals surface area contributed by atoms with E-state index in [9.17, 15) is 9.59 Å². The Morgan fingerprint density at radius 2 is 2.24 bits per heavy atom. The van der Waals surface area contributed by atoms with Gasteiger partial charge in [-0.05, 0) is 37.5 Å². The Morgan fingerprint density at radius 1 is 1.48 bits per heavy atom. The lowest BCUT2D eigenvalue weighted by atomic mass is 9.97. The van der Waals surface area contributed by atoms with Crippen molar-refractivity contribution in [3.63, 3.8) is 0 Å². The van der Waals surface area contributed by atoms with E-state index < -0.39 is 0 Å². The molecule has 1 saturated heterocycles. The zero-order valence-corrected chi connectivity index (χ0v) is 12.8. The van der Waals surface area contributed by atoms with Crippen molar-refractivity contribution in [2.45, 2.75) is 19.8 Å². The summed E-state index contributed by atoms with van der Waals surface area (Å²) in [5.41, 5.74) is 7.12. The fourth-order valence-electron chi connectivity index (χ4n) is 2.43. The molecule has 2 rings (SSSR count). The summed E-state index contributed by atoms with van der Waals surface area (Å²) in [7, 11) is 0. The molecule has 1 aromatic carbocycles. The number of benzene rings is 1. The second-order valence-electron chi connectivity index (χ2n) is 5.40. The number of nitrogens with one attached hydrogen (secondary N) is 1. The van der Waals surface area contributed by atoms with E-state index in [4.69, 9.17) is 17.3 Å². The molecule has 1 aliphatic rings. The number of primary amides is 1. The summed E-state index contributed by atoms with van der Waals surface area (Å²) in [4.78, 5) is 25.1. The second kappa shape index (κ2) is 6.80. The first-order valence-electron chi connectivity index (χ1n) is 7.04. The normalized spacial score (nSPS) is 18.4. The van der Waals surface area contributed by atoms with Crippen LogP contribution in [0.15, 0.2) is 18.2 Å². The number of rotatable bonds is 4. The largest absolute Gasteiger partial charge is 0.376 e. The van der Waals surface area contributed by atoms with Crippen molar-refractivity contribution in [3.8, 4) is 0 Å². The molecule has 1 heterocycles. The Hall–Kier alpha value is -1.75. The van der Waals surface area contributed by atoms with E-state index in [0.717, 1.165) is 24.1 Å². The number of hydrogen-bond acceptors (Lipinski definition) is 3. The average Bonchev–Trinajstić information content (AvgIpc) is 2.48. The average molecular weight is 310 g/mol. The Balaban J connectivity index is 1.89. The maximum Gasteiger partial charge on any atom is 0.241 e. The molecule has 0 aliphatic carbocycles. The third-order valence-corrected chi connectivity index (χ3v) is 4.20. The highest BCUT2D eigenvalue weighted by atomic mass is 35.5. The molecule has 6 heteroatoms. The van der Waals surface area contributed by atoms with Crippen LogP contribution in [0.4, 0.5) is 5.69 Å². The lowest BCUT2D eigenvalue weighted by molar-refractivity contribution is -0.133. The first-order valence-corrected chi connectivity index (χ1v) is 7.42. The lowest BCUT2D eigenvalue weighted by Crippen LogP contribution is -2.45. The number of nitrogens with two attached hydrogens (primary N) is 1. The molecule has 1 fully saturated rings. The molecule has 1 aliphatic heterocycles. The molecule has 1 aromatic rings. The Labute approximate surface area is 129 Å². The zero-order chi connectivity index (χ0) is 15.4. The van der Waals surface area contributed by atoms with Crippen molar-refractivity contribution in [2.24, 2.45) is 11.7 Å². The predicted molar refractivity (Wildman–Crippen MR) is 83.2 cm³/mol. The van der Waals surface area contributed by atoms with Crippen LogP contribution in [-0.4, -0.2) is 36.3 Å². The van der Waals surface area contributed by atoms with Crippen molar-refractivity contribution in [1.82, 2.24) is 4.90 Å². The van der Waals surface area contributed by atoms with Gasteiger partial charge in [-0.15, -0.1) is 0 Å². The quantitative estimate of drug-likeness (QED) is 0.890. The van der Waals surface area contributed by atoms with Gasteiger partial charge in [-0.3, -0.25) is 9.59 Å². The van der Waals surface area contributed by atoms with Gasteiger partial charge in [0.1, 0.15) is 0 Å². The van der Waals surface area contributed by atoms with Gasteiger partial charge in [0.25, 0.3) is 0 Å². The molecular weight excluding hydrogens is 290 g/mol. The number of anilines is 1. The minimum Gasteiger partial charge on any atom is -0.376 e. The fraction of sp³-hybridized carbons (Fsp3) is 0.467. The standard InChI is InChI=1S/C15H20ClN3O2/c1-10-4-5-12(7-13(10)16)18-8-14(20)19-6-2-3-11(9-19)15(17)21/h4-5,7,11,18H,2-3,6,8-9H2,1H3,(H2,17,21). The number of carbonyl (C=O) groups excluding carboxylic acids is 2. The number of amides is 2. The number of hydrogen-bond donors (Lipinski definition) is 2. The molecule has 3 N–H and O–H groups in total. The molecule has 0 spiro atoms. The Kier molecular flexibility index (Phi) is 5.07. The van der Waals surface area contributed by atoms with Gasteiger partial charge in [0.2, 0.25) is 11.8 Å². The van der Waals surface area contributed by atoms with E-state index in [1.807, 2.05) is 19.1 Å². The van der Waals surface area contributed by atoms with Crippen LogP contribution in [0, 0.1) is 12.8 Å². The van der Waals surface area contributed by atoms with Gasteiger partial charge in [-0.1, -0.05) is 17.7 Å². The summed E-state index contributed by atoms with van der Waals surface area (Å²) in [5.74, 6) is -0.583. The molecule has 0 aromatic heterocycles. The van der Waals surface area contributed by atoms with Crippen molar-refractivity contribution in [3.05, 3.63) is 28.8 Å². The Bertz CT molecular complexity index is 548. The highest BCUT2D eigenvalue weighted by Gasteiger charge is 2.26. The van der Waals surface area contributed by atoms with Crippen molar-refractivity contribution >= 4 is 29.1 Å². The maximum atomic E-state index is 12.2. The van der Waals surface area contributed by atoms with Crippen LogP contribution in [0.5, 0.6) is 0 Å². The van der Waals surface area contributed by atoms with E-state index in [2.05, 4.69) is 5.32 Å². The van der Waals surface area contributed by atoms with E-state index in [1.165, 1.54) is 0 Å². The SMILES string of the molecule is Cc1ccc(NCC(=O)N2CCCC(C(N)=O)C2)cc1Cl. The topological polar surface area (TPSA) is 75.4 Å². The minimum absolute atomic E-state index is 0.0300. The van der Waals surface area contributed by atoms with Crippen molar-refractivity contribution < 1.29 is 9.59 Å². The molecular formula is C15H20ClN3O2. The first kappa shape index (κ1) is 15.6. The number of halogens is 1. The third kappa shape index (κ3) is 4.11. The second-order valence-corrected chi connectivity index (χ2v) is 5.81. The van der Waals surface area contributed by atoms with Crippen LogP contribution in [0.25, 0.3) is 0 Å². The molecule has 21 heavy (non-hydrogen) atoms. The van der Waals surface area contributed by atoms with Gasteiger partial charge in [0.05, 0.1) is 12.5 Å². The van der Waals surface area contributed by atoms with Gasteiger partial charge < -0.3 is 16.0 Å². The van der Waals surface area contributed by atoms with Crippen LogP contribution >= 0.6 is 11.6 Å². The van der Waals surface area contributed by atoms with Crippen LogP contribution in [0.1, 0.15) is 18.4 Å². The van der Waals surface area contributed by atoms with E-state index in [1.54, 1.807) is 11.0 Å². The molecule has 0 saturated carbocycles. The number of carbonyl (C=O) groups is 2. The number of likely N-dealkylation sites (tertiary alicyclic amines) is 1. The predicted octanol–water partition coefficient (Wildman–Crippen LogP) is 1.78. The van der Waals surface area contributed by atoms with Gasteiger partial charge in [0.15, 0.2) is 0 Å². The van der Waals surface area contributed by atoms with Crippen LogP contribution < -0.4 is 11.1 Å². The molecule has 1 unspecified atom stereocenters. The van der Waals surface area contributed by atoms with Gasteiger partial charge in [-0.25, -0.2) is 0 Å². The van der Waals surface area contributed by atoms with Crippen LogP contribution in [0.2, 0.25) is 5.02 Å². The molecule has 0 bridgehead atoms. The summed E-state index contributed by atoms with van der Waals surface area (Å²) in [5, 5.41) is 3.73. The number of piperidine rings is 1. The Morgan fingerprint density at radius 3 is 2.90 bits per heavy atom. The summed E-state index contributed by atoms with van der Waals surface area (Å²) in [6.45, 7) is 3.21. The number of nitrogens with zero attached hydrogens (tertiary/aromatic N) is 1. The first-order chi connectivity index (χ1) is 9.97. The van der Waals surface area contributed by atoms with E-state index in [0.29, 0.717) is 18.1 Å². The minimum atomic E-state index is -0.328. The zero-order valence-electron chi connectivity index (χ0n) is 12.1. The van der Waals surface area contributed by atoms with Gasteiger partial charge >= 0.3 is 0 Å². The summed E-state index contributed by atoms with van der Waals surface area (Å²) >= 11 is 6.05. The lowest BCUT2D eigenvalue weighted by Gasteiger charge is -2.31. The van der Waals surface area contributed by atoms with E-state index in [-0.39, 0.29) is 24.3 Å². The van der Waals surface area contributed by atoms with Crippen LogP contribution in [-0.2, 0) is 9.59 Å². The summed E-state index contributed by atoms with van der Waals surface area (Å²) < 4.78 is 0. The third-order valence-electron chi connectivity index (χ3n) is 3.79. The monoisotopic (exact) mass is 309 g/mol. The summed E-state index contributed by atoms with van der Waals surface area (Å²) in [6.07, 6.45) is 1.58. The van der Waals surface area contributed by atoms with Gasteiger partial charge in [0, 0.05) is 23.8 Å². The molecule has 114 valence electrons. The van der Waals surface area contributed by atoms with Crippen molar-refractivity contribution in [1.29, 1.82) is 0 Å². The van der Waals surface area contributed by atoms with Gasteiger partial charge in [-0.2, -0.15) is 0 Å². The maximum absolute atomic E-state index is 12.2. The highest BCUT2D eigenvalue weighted by molar-refractivity contribution is 6.31. The fourth-order valence-corrected chi connectivity index (χ4v) is 2.61. The molecule has 2 amide bonds. The van der Waals surface area contributed by atoms with Crippen LogP contribution in [0.3, 0.4) is 0 Å². The molecule has 0 radical (unpaired) electrons. The smallest absolute Gasteiger partial charge is 0.241 e. The molecule has 5 nitrogen and oxygen atoms in total. The van der Waals surface area contributed by atoms with E-state index >= 15 is 0 Å². The molecule has 1 atom stereocenters. The summed E-state index contributed by atoms with van der Waals surface area (Å²) in [6, 6.07) is 5.59. The highest BCUT2D eigenvalue weighted by Crippen LogP contribution is 2.20.